The van der Waals surface area contributed by atoms with Gasteiger partial charge in [-0.3, -0.25) is 4.98 Å². The second kappa shape index (κ2) is 6.98. The van der Waals surface area contributed by atoms with Crippen molar-refractivity contribution in [3.8, 4) is 11.5 Å². The number of aryl methyl sites for hydroxylation is 1. The van der Waals surface area contributed by atoms with Gasteiger partial charge in [0.15, 0.2) is 5.82 Å². The minimum Gasteiger partial charge on any atom is -0.395 e. The number of aliphatic hydroxyl groups excluding tert-OH is 1. The summed E-state index contributed by atoms with van der Waals surface area (Å²) < 4.78 is 1.98. The first kappa shape index (κ1) is 15.1. The molecule has 22 heavy (non-hydrogen) atoms. The summed E-state index contributed by atoms with van der Waals surface area (Å²) in [6.45, 7) is 3.11. The van der Waals surface area contributed by atoms with E-state index in [4.69, 9.17) is 5.11 Å². The fourth-order valence-electron chi connectivity index (χ4n) is 3.23. The second-order valence-electron chi connectivity index (χ2n) is 5.95. The quantitative estimate of drug-likeness (QED) is 0.896. The summed E-state index contributed by atoms with van der Waals surface area (Å²) in [6, 6.07) is 0. The molecule has 0 saturated carbocycles. The van der Waals surface area contributed by atoms with Gasteiger partial charge in [0, 0.05) is 44.9 Å². The Hall–Kier alpha value is -1.79. The predicted molar refractivity (Wildman–Crippen MR) is 84.2 cm³/mol. The topological polar surface area (TPSA) is 67.1 Å². The fourth-order valence-corrected chi connectivity index (χ4v) is 3.23. The minimum atomic E-state index is 0.233. The summed E-state index contributed by atoms with van der Waals surface area (Å²) in [6.07, 6.45) is 10.5. The zero-order valence-corrected chi connectivity index (χ0v) is 13.0. The first-order valence-corrected chi connectivity index (χ1v) is 7.88. The van der Waals surface area contributed by atoms with Gasteiger partial charge in [-0.05, 0) is 31.7 Å². The molecule has 2 aromatic heterocycles. The molecule has 0 amide bonds. The van der Waals surface area contributed by atoms with Crippen molar-refractivity contribution >= 4 is 0 Å². The molecule has 1 atom stereocenters. The van der Waals surface area contributed by atoms with Gasteiger partial charge in [0.2, 0.25) is 0 Å². The van der Waals surface area contributed by atoms with Crippen LogP contribution in [0.3, 0.4) is 0 Å². The number of nitrogens with zero attached hydrogens (tertiary/aromatic N) is 5. The van der Waals surface area contributed by atoms with Crippen LogP contribution in [0.2, 0.25) is 0 Å². The monoisotopic (exact) mass is 301 g/mol. The molecule has 1 fully saturated rings. The van der Waals surface area contributed by atoms with Crippen LogP contribution in [-0.4, -0.2) is 55.8 Å². The Bertz CT molecular complexity index is 610. The highest BCUT2D eigenvalue weighted by molar-refractivity contribution is 5.52. The molecular weight excluding hydrogens is 278 g/mol. The van der Waals surface area contributed by atoms with E-state index in [0.717, 1.165) is 43.3 Å². The molecule has 1 aliphatic rings. The van der Waals surface area contributed by atoms with Crippen LogP contribution in [0.15, 0.2) is 24.8 Å². The third kappa shape index (κ3) is 3.34. The van der Waals surface area contributed by atoms with Crippen molar-refractivity contribution in [2.24, 2.45) is 13.0 Å². The van der Waals surface area contributed by atoms with E-state index in [9.17, 15) is 0 Å². The average molecular weight is 301 g/mol. The standard InChI is InChI=1S/C16H23N5O/c1-20-8-6-19-16(20)15-14(17-4-5-18-15)11-13-3-2-7-21(12-13)9-10-22/h4-6,8,13,22H,2-3,7,9-12H2,1H3/t13-/m1/s1. The van der Waals surface area contributed by atoms with Gasteiger partial charge in [0.1, 0.15) is 5.69 Å². The normalized spacial score (nSPS) is 19.5. The molecule has 0 radical (unpaired) electrons. The van der Waals surface area contributed by atoms with Crippen LogP contribution >= 0.6 is 0 Å². The molecule has 0 aromatic carbocycles. The zero-order valence-electron chi connectivity index (χ0n) is 13.0. The molecule has 0 spiro atoms. The number of rotatable bonds is 5. The van der Waals surface area contributed by atoms with Crippen molar-refractivity contribution in [3.05, 3.63) is 30.5 Å². The Morgan fingerprint density at radius 1 is 1.23 bits per heavy atom. The van der Waals surface area contributed by atoms with E-state index in [-0.39, 0.29) is 6.61 Å². The largest absolute Gasteiger partial charge is 0.395 e. The Morgan fingerprint density at radius 3 is 2.86 bits per heavy atom. The molecule has 2 aromatic rings. The molecule has 0 unspecified atom stereocenters. The van der Waals surface area contributed by atoms with Crippen LogP contribution in [-0.2, 0) is 13.5 Å². The Morgan fingerprint density at radius 2 is 2.09 bits per heavy atom. The number of likely N-dealkylation sites (tertiary alicyclic amines) is 1. The molecule has 6 nitrogen and oxygen atoms in total. The van der Waals surface area contributed by atoms with Gasteiger partial charge in [-0.25, -0.2) is 9.97 Å². The average Bonchev–Trinajstić information content (AvgIpc) is 2.95. The lowest BCUT2D eigenvalue weighted by Crippen LogP contribution is -2.38. The fraction of sp³-hybridized carbons (Fsp3) is 0.562. The van der Waals surface area contributed by atoms with Crippen molar-refractivity contribution in [2.75, 3.05) is 26.2 Å². The first-order valence-electron chi connectivity index (χ1n) is 7.88. The predicted octanol–water partition coefficient (Wildman–Crippen LogP) is 1.12. The van der Waals surface area contributed by atoms with Crippen LogP contribution < -0.4 is 0 Å². The molecule has 1 N–H and O–H groups in total. The van der Waals surface area contributed by atoms with Gasteiger partial charge < -0.3 is 14.6 Å². The van der Waals surface area contributed by atoms with Crippen LogP contribution in [0.25, 0.3) is 11.5 Å². The minimum absolute atomic E-state index is 0.233. The van der Waals surface area contributed by atoms with Gasteiger partial charge in [-0.15, -0.1) is 0 Å². The number of imidazole rings is 1. The Balaban J connectivity index is 1.77. The Kier molecular flexibility index (Phi) is 4.80. The number of aliphatic hydroxyl groups is 1. The lowest BCUT2D eigenvalue weighted by Gasteiger charge is -2.32. The van der Waals surface area contributed by atoms with E-state index >= 15 is 0 Å². The third-order valence-electron chi connectivity index (χ3n) is 4.31. The highest BCUT2D eigenvalue weighted by Crippen LogP contribution is 2.24. The first-order chi connectivity index (χ1) is 10.8. The smallest absolute Gasteiger partial charge is 0.160 e. The summed E-state index contributed by atoms with van der Waals surface area (Å²) in [5.74, 6) is 1.43. The van der Waals surface area contributed by atoms with Gasteiger partial charge in [0.25, 0.3) is 0 Å². The van der Waals surface area contributed by atoms with E-state index in [1.165, 1.54) is 12.8 Å². The van der Waals surface area contributed by atoms with Crippen molar-refractivity contribution in [3.63, 3.8) is 0 Å². The molecule has 118 valence electrons. The summed E-state index contributed by atoms with van der Waals surface area (Å²) in [7, 11) is 1.98. The molecule has 3 heterocycles. The Labute approximate surface area is 130 Å². The molecular formula is C16H23N5O. The van der Waals surface area contributed by atoms with E-state index in [1.807, 2.05) is 17.8 Å². The van der Waals surface area contributed by atoms with Crippen molar-refractivity contribution in [2.45, 2.75) is 19.3 Å². The van der Waals surface area contributed by atoms with E-state index < -0.39 is 0 Å². The van der Waals surface area contributed by atoms with E-state index in [1.54, 1.807) is 18.6 Å². The van der Waals surface area contributed by atoms with E-state index in [2.05, 4.69) is 19.9 Å². The summed E-state index contributed by atoms with van der Waals surface area (Å²) >= 11 is 0. The maximum atomic E-state index is 9.12. The van der Waals surface area contributed by atoms with Crippen molar-refractivity contribution in [1.82, 2.24) is 24.4 Å². The summed E-state index contributed by atoms with van der Waals surface area (Å²) in [5.41, 5.74) is 1.90. The molecule has 0 aliphatic carbocycles. The van der Waals surface area contributed by atoms with Gasteiger partial charge in [0.05, 0.1) is 12.3 Å². The van der Waals surface area contributed by atoms with Crippen LogP contribution in [0.5, 0.6) is 0 Å². The molecule has 1 saturated heterocycles. The lowest BCUT2D eigenvalue weighted by molar-refractivity contribution is 0.139. The van der Waals surface area contributed by atoms with Crippen molar-refractivity contribution in [1.29, 1.82) is 0 Å². The maximum Gasteiger partial charge on any atom is 0.160 e. The third-order valence-corrected chi connectivity index (χ3v) is 4.31. The highest BCUT2D eigenvalue weighted by Gasteiger charge is 2.22. The number of aromatic nitrogens is 4. The molecule has 0 bridgehead atoms. The second-order valence-corrected chi connectivity index (χ2v) is 5.95. The highest BCUT2D eigenvalue weighted by atomic mass is 16.3. The number of hydrogen-bond acceptors (Lipinski definition) is 5. The van der Waals surface area contributed by atoms with Gasteiger partial charge in [-0.1, -0.05) is 0 Å². The summed E-state index contributed by atoms with van der Waals surface area (Å²) in [4.78, 5) is 15.8. The van der Waals surface area contributed by atoms with Gasteiger partial charge >= 0.3 is 0 Å². The molecule has 6 heteroatoms. The number of piperidine rings is 1. The zero-order chi connectivity index (χ0) is 15.4. The SMILES string of the molecule is Cn1ccnc1-c1nccnc1C[C@H]1CCCN(CCO)C1. The molecule has 1 aliphatic heterocycles. The van der Waals surface area contributed by atoms with Crippen molar-refractivity contribution < 1.29 is 5.11 Å². The van der Waals surface area contributed by atoms with Crippen LogP contribution in [0.4, 0.5) is 0 Å². The van der Waals surface area contributed by atoms with Crippen LogP contribution in [0.1, 0.15) is 18.5 Å². The lowest BCUT2D eigenvalue weighted by atomic mass is 9.92. The van der Waals surface area contributed by atoms with Gasteiger partial charge in [-0.2, -0.15) is 0 Å². The number of hydrogen-bond donors (Lipinski definition) is 1. The maximum absolute atomic E-state index is 9.12. The summed E-state index contributed by atoms with van der Waals surface area (Å²) in [5, 5.41) is 9.12. The van der Waals surface area contributed by atoms with Crippen LogP contribution in [0, 0.1) is 5.92 Å². The van der Waals surface area contributed by atoms with E-state index in [0.29, 0.717) is 5.92 Å². The molecule has 3 rings (SSSR count). The number of β-amino-alcohol motifs (C(OH)–C–C–N with tert-alkyl or cyclic N) is 1.